The van der Waals surface area contributed by atoms with Gasteiger partial charge in [0.25, 0.3) is 5.91 Å². The van der Waals surface area contributed by atoms with Crippen molar-refractivity contribution < 1.29 is 13.2 Å². The van der Waals surface area contributed by atoms with Crippen LogP contribution in [0.5, 0.6) is 0 Å². The van der Waals surface area contributed by atoms with Crippen LogP contribution in [0.2, 0.25) is 0 Å². The molecule has 1 amide bonds. The Hall–Kier alpha value is -1.70. The molecule has 0 aliphatic carbocycles. The number of primary sulfonamides is 1. The van der Waals surface area contributed by atoms with Crippen molar-refractivity contribution in [2.24, 2.45) is 11.1 Å². The van der Waals surface area contributed by atoms with Crippen molar-refractivity contribution in [2.75, 3.05) is 18.8 Å². The van der Waals surface area contributed by atoms with Gasteiger partial charge in [-0.05, 0) is 36.5 Å². The van der Waals surface area contributed by atoms with Crippen LogP contribution in [0.25, 0.3) is 10.4 Å². The normalized spacial score (nSPS) is 18.1. The van der Waals surface area contributed by atoms with E-state index >= 15 is 0 Å². The minimum absolute atomic E-state index is 0.0257. The van der Waals surface area contributed by atoms with Crippen molar-refractivity contribution in [3.8, 4) is 10.4 Å². The zero-order valence-corrected chi connectivity index (χ0v) is 15.1. The molecule has 0 unspecified atom stereocenters. The number of hydrogen-bond acceptors (Lipinski definition) is 4. The Morgan fingerprint density at radius 3 is 2.71 bits per heavy atom. The van der Waals surface area contributed by atoms with E-state index in [2.05, 4.69) is 0 Å². The molecule has 0 saturated carbocycles. The Morgan fingerprint density at radius 1 is 1.33 bits per heavy atom. The van der Waals surface area contributed by atoms with E-state index in [0.717, 1.165) is 16.0 Å². The Bertz CT molecular complexity index is 844. The fourth-order valence-electron chi connectivity index (χ4n) is 3.10. The summed E-state index contributed by atoms with van der Waals surface area (Å²) >= 11 is 1.49. The van der Waals surface area contributed by atoms with Gasteiger partial charge in [-0.15, -0.1) is 11.3 Å². The number of sulfonamides is 1. The lowest BCUT2D eigenvalue weighted by Crippen LogP contribution is -2.30. The molecule has 24 heavy (non-hydrogen) atoms. The first-order valence-corrected chi connectivity index (χ1v) is 10.3. The maximum Gasteiger partial charge on any atom is 0.263 e. The number of nitrogens with zero attached hydrogens (tertiary/aromatic N) is 1. The van der Waals surface area contributed by atoms with Crippen LogP contribution in [0.15, 0.2) is 36.4 Å². The van der Waals surface area contributed by atoms with Gasteiger partial charge in [0.15, 0.2) is 0 Å². The zero-order valence-electron chi connectivity index (χ0n) is 13.4. The summed E-state index contributed by atoms with van der Waals surface area (Å²) in [7, 11) is -3.50. The molecule has 1 aromatic heterocycles. The van der Waals surface area contributed by atoms with Gasteiger partial charge in [-0.1, -0.05) is 30.3 Å². The molecule has 3 rings (SSSR count). The van der Waals surface area contributed by atoms with Crippen LogP contribution in [0, 0.1) is 12.8 Å². The van der Waals surface area contributed by atoms with Crippen LogP contribution in [0.3, 0.4) is 0 Å². The highest BCUT2D eigenvalue weighted by molar-refractivity contribution is 7.89. The van der Waals surface area contributed by atoms with Crippen LogP contribution in [0.4, 0.5) is 0 Å². The Morgan fingerprint density at radius 2 is 2.04 bits per heavy atom. The molecule has 2 heterocycles. The molecule has 0 spiro atoms. The summed E-state index contributed by atoms with van der Waals surface area (Å²) in [5.74, 6) is -0.156. The largest absolute Gasteiger partial charge is 0.338 e. The molecule has 5 nitrogen and oxygen atoms in total. The Kier molecular flexibility index (Phi) is 4.76. The quantitative estimate of drug-likeness (QED) is 0.905. The van der Waals surface area contributed by atoms with Crippen molar-refractivity contribution in [3.05, 3.63) is 46.8 Å². The summed E-state index contributed by atoms with van der Waals surface area (Å²) in [6, 6.07) is 11.9. The molecule has 1 atom stereocenters. The average Bonchev–Trinajstić information content (AvgIpc) is 3.12. The highest BCUT2D eigenvalue weighted by Gasteiger charge is 2.30. The predicted molar refractivity (Wildman–Crippen MR) is 96.5 cm³/mol. The van der Waals surface area contributed by atoms with E-state index in [1.165, 1.54) is 11.3 Å². The molecule has 1 saturated heterocycles. The van der Waals surface area contributed by atoms with Gasteiger partial charge >= 0.3 is 0 Å². The van der Waals surface area contributed by atoms with Gasteiger partial charge in [0.2, 0.25) is 10.0 Å². The number of hydrogen-bond donors (Lipinski definition) is 1. The molecule has 7 heteroatoms. The fraction of sp³-hybridized carbons (Fsp3) is 0.353. The molecule has 128 valence electrons. The highest BCUT2D eigenvalue weighted by atomic mass is 32.2. The third kappa shape index (κ3) is 3.85. The maximum atomic E-state index is 12.7. The number of carbonyl (C=O) groups is 1. The smallest absolute Gasteiger partial charge is 0.263 e. The monoisotopic (exact) mass is 364 g/mol. The second-order valence-electron chi connectivity index (χ2n) is 6.22. The molecular weight excluding hydrogens is 344 g/mol. The van der Waals surface area contributed by atoms with Crippen LogP contribution in [-0.4, -0.2) is 38.1 Å². The summed E-state index contributed by atoms with van der Waals surface area (Å²) in [6.45, 7) is 3.03. The van der Waals surface area contributed by atoms with E-state index in [0.29, 0.717) is 24.4 Å². The van der Waals surface area contributed by atoms with E-state index in [1.54, 1.807) is 4.90 Å². The number of benzene rings is 1. The number of carbonyl (C=O) groups excluding carboxylic acids is 1. The molecule has 2 N–H and O–H groups in total. The second kappa shape index (κ2) is 6.66. The summed E-state index contributed by atoms with van der Waals surface area (Å²) in [5.41, 5.74) is 2.18. The molecule has 1 aromatic carbocycles. The van der Waals surface area contributed by atoms with Gasteiger partial charge in [-0.2, -0.15) is 0 Å². The van der Waals surface area contributed by atoms with E-state index in [1.807, 2.05) is 43.3 Å². The van der Waals surface area contributed by atoms with E-state index in [4.69, 9.17) is 5.14 Å². The van der Waals surface area contributed by atoms with Crippen LogP contribution < -0.4 is 5.14 Å². The number of likely N-dealkylation sites (tertiary alicyclic amines) is 1. The summed E-state index contributed by atoms with van der Waals surface area (Å²) in [4.78, 5) is 16.2. The van der Waals surface area contributed by atoms with Crippen molar-refractivity contribution >= 4 is 27.3 Å². The zero-order chi connectivity index (χ0) is 17.3. The summed E-state index contributed by atoms with van der Waals surface area (Å²) in [5, 5.41) is 5.11. The number of thiophene rings is 1. The van der Waals surface area contributed by atoms with Crippen molar-refractivity contribution in [1.82, 2.24) is 4.90 Å². The van der Waals surface area contributed by atoms with Gasteiger partial charge < -0.3 is 4.90 Å². The summed E-state index contributed by atoms with van der Waals surface area (Å²) < 4.78 is 22.4. The van der Waals surface area contributed by atoms with Crippen LogP contribution in [0.1, 0.15) is 21.7 Å². The van der Waals surface area contributed by atoms with Gasteiger partial charge in [-0.3, -0.25) is 4.79 Å². The SMILES string of the molecule is Cc1cc(C(=O)N2CC[C@H](CS(N)(=O)=O)C2)sc1-c1ccccc1. The minimum atomic E-state index is -3.50. The molecule has 0 bridgehead atoms. The molecule has 1 fully saturated rings. The van der Waals surface area contributed by atoms with E-state index < -0.39 is 10.0 Å². The number of nitrogens with two attached hydrogens (primary N) is 1. The van der Waals surface area contributed by atoms with E-state index in [-0.39, 0.29) is 17.6 Å². The topological polar surface area (TPSA) is 80.5 Å². The Labute approximate surface area is 146 Å². The number of rotatable bonds is 4. The Balaban J connectivity index is 1.75. The van der Waals surface area contributed by atoms with Gasteiger partial charge in [-0.25, -0.2) is 13.6 Å². The van der Waals surface area contributed by atoms with Crippen molar-refractivity contribution in [3.63, 3.8) is 0 Å². The standard InChI is InChI=1S/C17H20N2O3S2/c1-12-9-15(23-16(12)14-5-3-2-4-6-14)17(20)19-8-7-13(10-19)11-24(18,21)22/h2-6,9,13H,7-8,10-11H2,1H3,(H2,18,21,22)/t13-/m0/s1. The predicted octanol–water partition coefficient (Wildman–Crippen LogP) is 2.47. The fourth-order valence-corrected chi connectivity index (χ4v) is 5.18. The molecule has 1 aliphatic heterocycles. The molecule has 0 radical (unpaired) electrons. The molecule has 2 aromatic rings. The van der Waals surface area contributed by atoms with Crippen molar-refractivity contribution in [1.29, 1.82) is 0 Å². The first kappa shape index (κ1) is 17.1. The lowest BCUT2D eigenvalue weighted by Gasteiger charge is -2.15. The van der Waals surface area contributed by atoms with Crippen LogP contribution >= 0.6 is 11.3 Å². The first-order valence-electron chi connectivity index (χ1n) is 7.79. The van der Waals surface area contributed by atoms with Gasteiger partial charge in [0, 0.05) is 18.0 Å². The number of amides is 1. The average molecular weight is 364 g/mol. The maximum absolute atomic E-state index is 12.7. The second-order valence-corrected chi connectivity index (χ2v) is 8.94. The van der Waals surface area contributed by atoms with Crippen molar-refractivity contribution in [2.45, 2.75) is 13.3 Å². The first-order chi connectivity index (χ1) is 11.3. The summed E-state index contributed by atoms with van der Waals surface area (Å²) in [6.07, 6.45) is 0.679. The number of aryl methyl sites for hydroxylation is 1. The lowest BCUT2D eigenvalue weighted by molar-refractivity contribution is 0.0793. The van der Waals surface area contributed by atoms with Gasteiger partial charge in [0.1, 0.15) is 0 Å². The van der Waals surface area contributed by atoms with Gasteiger partial charge in [0.05, 0.1) is 10.6 Å². The highest BCUT2D eigenvalue weighted by Crippen LogP contribution is 2.33. The van der Waals surface area contributed by atoms with Crippen LogP contribution in [-0.2, 0) is 10.0 Å². The third-order valence-corrected chi connectivity index (χ3v) is 6.42. The molecular formula is C17H20N2O3S2. The van der Waals surface area contributed by atoms with E-state index in [9.17, 15) is 13.2 Å². The third-order valence-electron chi connectivity index (χ3n) is 4.21. The minimum Gasteiger partial charge on any atom is -0.338 e. The lowest BCUT2D eigenvalue weighted by atomic mass is 10.1. The molecule has 1 aliphatic rings.